The molecular formula is C29H39N3O5. The minimum atomic E-state index is -1.14. The van der Waals surface area contributed by atoms with Crippen LogP contribution in [0.5, 0.6) is 0 Å². The summed E-state index contributed by atoms with van der Waals surface area (Å²) >= 11 is 0. The number of carbonyl (C=O) groups excluding carboxylic acids is 3. The van der Waals surface area contributed by atoms with Gasteiger partial charge in [-0.3, -0.25) is 14.4 Å². The van der Waals surface area contributed by atoms with Crippen molar-refractivity contribution in [1.29, 1.82) is 0 Å². The topological polar surface area (TPSA) is 131 Å². The fourth-order valence-electron chi connectivity index (χ4n) is 3.88. The lowest BCUT2D eigenvalue weighted by Crippen LogP contribution is -2.35. The predicted octanol–water partition coefficient (Wildman–Crippen LogP) is 4.46. The molecule has 1 aromatic heterocycles. The van der Waals surface area contributed by atoms with Crippen LogP contribution < -0.4 is 16.6 Å². The molecule has 0 saturated heterocycles. The molecule has 8 heteroatoms. The number of aliphatic hydroxyl groups excluding tert-OH is 1. The molecule has 2 aromatic rings. The Kier molecular flexibility index (Phi) is 13.0. The number of aliphatic hydroxyl groups is 1. The van der Waals surface area contributed by atoms with Gasteiger partial charge in [0, 0.05) is 34.7 Å². The average Bonchev–Trinajstić information content (AvgIpc) is 3.65. The van der Waals surface area contributed by atoms with Crippen molar-refractivity contribution in [3.05, 3.63) is 70.2 Å². The number of fused-ring (bicyclic) bond motifs is 1. The number of aromatic nitrogens is 1. The van der Waals surface area contributed by atoms with Crippen molar-refractivity contribution >= 4 is 34.2 Å². The summed E-state index contributed by atoms with van der Waals surface area (Å²) in [5.74, 6) is 1.29. The molecule has 0 bridgehead atoms. The van der Waals surface area contributed by atoms with Crippen LogP contribution >= 0.6 is 0 Å². The Bertz CT molecular complexity index is 1250. The maximum atomic E-state index is 12.8. The molecule has 1 aliphatic rings. The van der Waals surface area contributed by atoms with E-state index in [0.29, 0.717) is 34.4 Å². The molecule has 0 radical (unpaired) electrons. The normalized spacial score (nSPS) is 15.6. The molecule has 1 aliphatic carbocycles. The molecule has 1 unspecified atom stereocenters. The number of rotatable bonds is 9. The van der Waals surface area contributed by atoms with Crippen LogP contribution in [-0.4, -0.2) is 34.0 Å². The molecule has 1 saturated carbocycles. The Balaban J connectivity index is 0.000000874. The SMILES string of the molecule is C=CCC1C/C1=C(/CC)CC(=O)Nc1cccc2c(=O)n([C@H](CO)C(N)=O)ccc12.CC.CC(C)=C=O. The summed E-state index contributed by atoms with van der Waals surface area (Å²) in [5.41, 5.74) is 8.57. The molecule has 37 heavy (non-hydrogen) atoms. The van der Waals surface area contributed by atoms with Crippen LogP contribution in [0.3, 0.4) is 0 Å². The maximum absolute atomic E-state index is 12.8. The monoisotopic (exact) mass is 509 g/mol. The number of hydrogen-bond acceptors (Lipinski definition) is 5. The minimum absolute atomic E-state index is 0.134. The largest absolute Gasteiger partial charge is 0.394 e. The lowest BCUT2D eigenvalue weighted by Gasteiger charge is -2.16. The first-order chi connectivity index (χ1) is 17.7. The standard InChI is InChI=1S/C23H27N3O4.C4H6O.C2H6/c1-3-6-15-11-18(15)14(4-2)12-21(28)25-19-8-5-7-17-16(19)9-10-26(23(17)30)20(13-27)22(24)29;1-4(2)3-5;1-2/h3,5,7-10,15,20,27H,1,4,6,11-13H2,2H3,(H2,24,29)(H,25,28);1-2H3;1-2H3/b18-14+;;/t15?,20-;;/m1../s1. The Morgan fingerprint density at radius 1 is 1.27 bits per heavy atom. The molecule has 3 rings (SSSR count). The second-order valence-corrected chi connectivity index (χ2v) is 8.63. The summed E-state index contributed by atoms with van der Waals surface area (Å²) in [5, 5.41) is 13.2. The van der Waals surface area contributed by atoms with Crippen LogP contribution in [0.1, 0.15) is 66.3 Å². The van der Waals surface area contributed by atoms with E-state index in [1.165, 1.54) is 11.8 Å². The summed E-state index contributed by atoms with van der Waals surface area (Å²) in [6.45, 7) is 12.7. The molecule has 1 aromatic carbocycles. The first kappa shape index (κ1) is 31.3. The lowest BCUT2D eigenvalue weighted by atomic mass is 10.1. The third-order valence-electron chi connectivity index (χ3n) is 5.79. The smallest absolute Gasteiger partial charge is 0.259 e. The number of nitrogens with two attached hydrogens (primary N) is 1. The second kappa shape index (κ2) is 15.4. The van der Waals surface area contributed by atoms with Crippen LogP contribution in [-0.2, 0) is 14.4 Å². The van der Waals surface area contributed by atoms with E-state index in [-0.39, 0.29) is 5.91 Å². The Morgan fingerprint density at radius 3 is 2.43 bits per heavy atom. The molecule has 0 aliphatic heterocycles. The first-order valence-electron chi connectivity index (χ1n) is 12.5. The van der Waals surface area contributed by atoms with Crippen molar-refractivity contribution in [2.75, 3.05) is 11.9 Å². The fraction of sp³-hybridized carbons (Fsp3) is 0.414. The van der Waals surface area contributed by atoms with Crippen LogP contribution in [0.25, 0.3) is 10.8 Å². The molecule has 0 spiro atoms. The highest BCUT2D eigenvalue weighted by atomic mass is 16.3. The zero-order chi connectivity index (χ0) is 28.1. The summed E-state index contributed by atoms with van der Waals surface area (Å²) in [4.78, 5) is 46.3. The highest BCUT2D eigenvalue weighted by molar-refractivity contribution is 6.02. The van der Waals surface area contributed by atoms with Crippen molar-refractivity contribution in [3.8, 4) is 0 Å². The van der Waals surface area contributed by atoms with Crippen molar-refractivity contribution in [1.82, 2.24) is 4.57 Å². The molecule has 1 fully saturated rings. The van der Waals surface area contributed by atoms with Gasteiger partial charge in [0.2, 0.25) is 11.8 Å². The van der Waals surface area contributed by atoms with E-state index >= 15 is 0 Å². The third-order valence-corrected chi connectivity index (χ3v) is 5.79. The number of pyridine rings is 1. The molecule has 1 heterocycles. The van der Waals surface area contributed by atoms with E-state index in [9.17, 15) is 24.3 Å². The number of carbonyl (C=O) groups is 2. The van der Waals surface area contributed by atoms with Gasteiger partial charge in [0.25, 0.3) is 5.56 Å². The van der Waals surface area contributed by atoms with Crippen LogP contribution in [0.15, 0.2) is 64.6 Å². The van der Waals surface area contributed by atoms with Crippen molar-refractivity contribution in [3.63, 3.8) is 0 Å². The number of nitrogens with zero attached hydrogens (tertiary/aromatic N) is 1. The summed E-state index contributed by atoms with van der Waals surface area (Å²) in [6.07, 6.45) is 6.44. The average molecular weight is 510 g/mol. The van der Waals surface area contributed by atoms with E-state index in [4.69, 9.17) is 5.73 Å². The summed E-state index contributed by atoms with van der Waals surface area (Å²) < 4.78 is 1.11. The first-order valence-corrected chi connectivity index (χ1v) is 12.5. The van der Waals surface area contributed by atoms with E-state index in [1.807, 2.05) is 19.9 Å². The van der Waals surface area contributed by atoms with Crippen molar-refractivity contribution in [2.45, 2.75) is 66.3 Å². The summed E-state index contributed by atoms with van der Waals surface area (Å²) in [7, 11) is 0. The number of nitrogens with one attached hydrogen (secondary N) is 1. The Morgan fingerprint density at radius 2 is 1.92 bits per heavy atom. The van der Waals surface area contributed by atoms with E-state index < -0.39 is 24.1 Å². The van der Waals surface area contributed by atoms with Gasteiger partial charge in [0.15, 0.2) is 0 Å². The Labute approximate surface area is 218 Å². The number of anilines is 1. The molecular weight excluding hydrogens is 470 g/mol. The Hall–Kier alpha value is -3.74. The van der Waals surface area contributed by atoms with E-state index in [2.05, 4.69) is 18.8 Å². The number of benzene rings is 1. The molecule has 2 amide bonds. The van der Waals surface area contributed by atoms with Crippen molar-refractivity contribution < 1.29 is 19.5 Å². The van der Waals surface area contributed by atoms with Gasteiger partial charge in [-0.15, -0.1) is 6.58 Å². The zero-order valence-corrected chi connectivity index (χ0v) is 22.5. The van der Waals surface area contributed by atoms with Crippen molar-refractivity contribution in [2.24, 2.45) is 11.7 Å². The van der Waals surface area contributed by atoms with Gasteiger partial charge in [-0.25, -0.2) is 4.79 Å². The predicted molar refractivity (Wildman–Crippen MR) is 149 cm³/mol. The van der Waals surface area contributed by atoms with Gasteiger partial charge in [-0.1, -0.05) is 44.1 Å². The third kappa shape index (κ3) is 8.70. The number of primary amides is 1. The summed E-state index contributed by atoms with van der Waals surface area (Å²) in [6, 6.07) is 5.52. The highest BCUT2D eigenvalue weighted by Crippen LogP contribution is 2.44. The molecule has 4 N–H and O–H groups in total. The zero-order valence-electron chi connectivity index (χ0n) is 22.5. The minimum Gasteiger partial charge on any atom is -0.394 e. The van der Waals surface area contributed by atoms with Gasteiger partial charge < -0.3 is 20.7 Å². The second-order valence-electron chi connectivity index (χ2n) is 8.63. The number of amides is 2. The molecule has 2 atom stereocenters. The van der Waals surface area contributed by atoms with Gasteiger partial charge in [0.1, 0.15) is 12.0 Å². The quantitative estimate of drug-likeness (QED) is 0.339. The van der Waals surface area contributed by atoms with Gasteiger partial charge >= 0.3 is 0 Å². The maximum Gasteiger partial charge on any atom is 0.259 e. The number of allylic oxidation sites excluding steroid dienone is 3. The van der Waals surface area contributed by atoms with E-state index in [0.717, 1.165) is 29.4 Å². The highest BCUT2D eigenvalue weighted by Gasteiger charge is 2.31. The lowest BCUT2D eigenvalue weighted by molar-refractivity contribution is -0.122. The van der Waals surface area contributed by atoms with Gasteiger partial charge in [-0.05, 0) is 57.2 Å². The van der Waals surface area contributed by atoms with E-state index in [1.54, 1.807) is 44.1 Å². The van der Waals surface area contributed by atoms with Crippen LogP contribution in [0.4, 0.5) is 5.69 Å². The van der Waals surface area contributed by atoms with Crippen LogP contribution in [0, 0.1) is 5.92 Å². The van der Waals surface area contributed by atoms with Gasteiger partial charge in [0.05, 0.1) is 6.61 Å². The van der Waals surface area contributed by atoms with Gasteiger partial charge in [-0.2, -0.15) is 0 Å². The number of hydrogen-bond donors (Lipinski definition) is 3. The van der Waals surface area contributed by atoms with Crippen LogP contribution in [0.2, 0.25) is 0 Å². The molecule has 200 valence electrons. The fourth-order valence-corrected chi connectivity index (χ4v) is 3.88. The molecule has 8 nitrogen and oxygen atoms in total.